The number of aliphatic hydroxyl groups excluding tert-OH is 1. The molecule has 1 unspecified atom stereocenters. The Morgan fingerprint density at radius 2 is 2.43 bits per heavy atom. The number of nitrogens with zero attached hydrogens (tertiary/aromatic N) is 1. The summed E-state index contributed by atoms with van der Waals surface area (Å²) >= 11 is 0. The van der Waals surface area contributed by atoms with Gasteiger partial charge in [-0.1, -0.05) is 13.3 Å². The van der Waals surface area contributed by atoms with Crippen LogP contribution in [0, 0.1) is 0 Å². The molecule has 0 aliphatic carbocycles. The van der Waals surface area contributed by atoms with Gasteiger partial charge in [0.15, 0.2) is 0 Å². The highest BCUT2D eigenvalue weighted by Crippen LogP contribution is 2.03. The lowest BCUT2D eigenvalue weighted by Crippen LogP contribution is -2.26. The fraction of sp³-hybridized carbons (Fsp3) is 0.700. The first-order chi connectivity index (χ1) is 6.76. The minimum atomic E-state index is -0.186. The van der Waals surface area contributed by atoms with Crippen LogP contribution in [0.4, 0.5) is 0 Å². The number of aryl methyl sites for hydroxylation is 1. The number of aliphatic hydroxyl groups is 1. The lowest BCUT2D eigenvalue weighted by Gasteiger charge is -2.04. The largest absolute Gasteiger partial charge is 0.395 e. The second-order valence-electron chi connectivity index (χ2n) is 3.61. The first kappa shape index (κ1) is 11.2. The van der Waals surface area contributed by atoms with E-state index in [1.54, 1.807) is 6.20 Å². The van der Waals surface area contributed by atoms with E-state index in [9.17, 15) is 0 Å². The average molecular weight is 197 g/mol. The molecule has 0 aliphatic rings. The number of rotatable bonds is 6. The highest BCUT2D eigenvalue weighted by molar-refractivity contribution is 5.03. The second-order valence-corrected chi connectivity index (χ2v) is 3.61. The number of aromatic amines is 1. The predicted octanol–water partition coefficient (Wildman–Crippen LogP) is 0.614. The maximum atomic E-state index is 8.79. The standard InChI is InChI=1S/C10H19N3O/c1-2-3-4-10-12-6-9(13-10)5-8(11)7-14/h6,8,14H,2-5,7,11H2,1H3,(H,12,13). The van der Waals surface area contributed by atoms with E-state index in [0.29, 0.717) is 6.42 Å². The van der Waals surface area contributed by atoms with Crippen LogP contribution in [0.2, 0.25) is 0 Å². The molecule has 14 heavy (non-hydrogen) atoms. The molecule has 0 saturated carbocycles. The van der Waals surface area contributed by atoms with Crippen molar-refractivity contribution in [3.8, 4) is 0 Å². The molecule has 1 rings (SSSR count). The Morgan fingerprint density at radius 1 is 1.64 bits per heavy atom. The molecule has 1 aromatic heterocycles. The van der Waals surface area contributed by atoms with E-state index >= 15 is 0 Å². The number of nitrogens with two attached hydrogens (primary N) is 1. The lowest BCUT2D eigenvalue weighted by atomic mass is 10.2. The van der Waals surface area contributed by atoms with Gasteiger partial charge >= 0.3 is 0 Å². The van der Waals surface area contributed by atoms with Gasteiger partial charge in [0, 0.05) is 30.8 Å². The van der Waals surface area contributed by atoms with Gasteiger partial charge in [-0.2, -0.15) is 0 Å². The number of aromatic nitrogens is 2. The molecule has 0 amide bonds. The minimum Gasteiger partial charge on any atom is -0.395 e. The zero-order chi connectivity index (χ0) is 10.4. The van der Waals surface area contributed by atoms with Gasteiger partial charge in [-0.15, -0.1) is 0 Å². The second kappa shape index (κ2) is 5.78. The normalized spacial score (nSPS) is 13.1. The van der Waals surface area contributed by atoms with Crippen molar-refractivity contribution >= 4 is 0 Å². The van der Waals surface area contributed by atoms with Gasteiger partial charge in [0.1, 0.15) is 5.82 Å². The summed E-state index contributed by atoms with van der Waals surface area (Å²) in [5, 5.41) is 8.79. The molecule has 4 N–H and O–H groups in total. The van der Waals surface area contributed by atoms with Crippen LogP contribution in [-0.4, -0.2) is 27.7 Å². The van der Waals surface area contributed by atoms with Gasteiger partial charge in [0.25, 0.3) is 0 Å². The van der Waals surface area contributed by atoms with Gasteiger partial charge in [-0.3, -0.25) is 0 Å². The molecule has 4 nitrogen and oxygen atoms in total. The summed E-state index contributed by atoms with van der Waals surface area (Å²) in [5.74, 6) is 1.02. The quantitative estimate of drug-likeness (QED) is 0.625. The highest BCUT2D eigenvalue weighted by atomic mass is 16.3. The molecule has 1 heterocycles. The maximum Gasteiger partial charge on any atom is 0.106 e. The van der Waals surface area contributed by atoms with Crippen LogP contribution < -0.4 is 5.73 Å². The molecule has 1 aromatic rings. The maximum absolute atomic E-state index is 8.79. The Bertz CT molecular complexity index is 260. The lowest BCUT2D eigenvalue weighted by molar-refractivity contribution is 0.264. The van der Waals surface area contributed by atoms with Crippen molar-refractivity contribution in [3.05, 3.63) is 17.7 Å². The topological polar surface area (TPSA) is 74.9 Å². The summed E-state index contributed by atoms with van der Waals surface area (Å²) < 4.78 is 0. The summed E-state index contributed by atoms with van der Waals surface area (Å²) in [7, 11) is 0. The SMILES string of the molecule is CCCCc1ncc(CC(N)CO)[nH]1. The molecule has 80 valence electrons. The molecule has 0 aromatic carbocycles. The van der Waals surface area contributed by atoms with E-state index in [4.69, 9.17) is 10.8 Å². The van der Waals surface area contributed by atoms with Crippen molar-refractivity contribution < 1.29 is 5.11 Å². The summed E-state index contributed by atoms with van der Waals surface area (Å²) in [6, 6.07) is -0.186. The highest BCUT2D eigenvalue weighted by Gasteiger charge is 2.05. The molecule has 0 aliphatic heterocycles. The monoisotopic (exact) mass is 197 g/mol. The number of imidazole rings is 1. The van der Waals surface area contributed by atoms with Gasteiger partial charge in [0.05, 0.1) is 6.61 Å². The molecule has 1 atom stereocenters. The van der Waals surface area contributed by atoms with Crippen LogP contribution in [0.5, 0.6) is 0 Å². The Morgan fingerprint density at radius 3 is 3.07 bits per heavy atom. The molecule has 0 bridgehead atoms. The van der Waals surface area contributed by atoms with Crippen molar-refractivity contribution in [1.82, 2.24) is 9.97 Å². The molecule has 4 heteroatoms. The number of nitrogens with one attached hydrogen (secondary N) is 1. The minimum absolute atomic E-state index is 0.0172. The first-order valence-corrected chi connectivity index (χ1v) is 5.15. The Hall–Kier alpha value is -0.870. The van der Waals surface area contributed by atoms with Crippen LogP contribution in [0.1, 0.15) is 31.3 Å². The van der Waals surface area contributed by atoms with Crippen molar-refractivity contribution in [2.75, 3.05) is 6.61 Å². The number of unbranched alkanes of at least 4 members (excludes halogenated alkanes) is 1. The van der Waals surface area contributed by atoms with Crippen LogP contribution in [0.3, 0.4) is 0 Å². The van der Waals surface area contributed by atoms with Gasteiger partial charge in [-0.25, -0.2) is 4.98 Å². The fourth-order valence-electron chi connectivity index (χ4n) is 1.33. The van der Waals surface area contributed by atoms with Crippen molar-refractivity contribution in [2.45, 2.75) is 38.6 Å². The van der Waals surface area contributed by atoms with E-state index in [-0.39, 0.29) is 12.6 Å². The molecule has 0 fully saturated rings. The average Bonchev–Trinajstić information content (AvgIpc) is 2.62. The van der Waals surface area contributed by atoms with E-state index in [1.807, 2.05) is 0 Å². The molecular weight excluding hydrogens is 178 g/mol. The van der Waals surface area contributed by atoms with Crippen molar-refractivity contribution in [2.24, 2.45) is 5.73 Å². The number of hydrogen-bond acceptors (Lipinski definition) is 3. The number of H-pyrrole nitrogens is 1. The van der Waals surface area contributed by atoms with Crippen LogP contribution >= 0.6 is 0 Å². The predicted molar refractivity (Wildman–Crippen MR) is 56.0 cm³/mol. The van der Waals surface area contributed by atoms with E-state index in [1.165, 1.54) is 6.42 Å². The van der Waals surface area contributed by atoms with Gasteiger partial charge in [-0.05, 0) is 6.42 Å². The van der Waals surface area contributed by atoms with Gasteiger partial charge < -0.3 is 15.8 Å². The van der Waals surface area contributed by atoms with Crippen LogP contribution in [0.25, 0.3) is 0 Å². The van der Waals surface area contributed by atoms with Crippen molar-refractivity contribution in [3.63, 3.8) is 0 Å². The summed E-state index contributed by atoms with van der Waals surface area (Å²) in [4.78, 5) is 7.46. The molecule has 0 spiro atoms. The van der Waals surface area contributed by atoms with Crippen LogP contribution in [-0.2, 0) is 12.8 Å². The molecule has 0 radical (unpaired) electrons. The number of hydrogen-bond donors (Lipinski definition) is 3. The third-order valence-electron chi connectivity index (χ3n) is 2.16. The summed E-state index contributed by atoms with van der Waals surface area (Å²) in [6.07, 6.45) is 5.78. The van der Waals surface area contributed by atoms with E-state index in [2.05, 4.69) is 16.9 Å². The third-order valence-corrected chi connectivity index (χ3v) is 2.16. The van der Waals surface area contributed by atoms with E-state index in [0.717, 1.165) is 24.4 Å². The van der Waals surface area contributed by atoms with Crippen molar-refractivity contribution in [1.29, 1.82) is 0 Å². The Labute approximate surface area is 84.5 Å². The molecular formula is C10H19N3O. The van der Waals surface area contributed by atoms with E-state index < -0.39 is 0 Å². The first-order valence-electron chi connectivity index (χ1n) is 5.15. The fourth-order valence-corrected chi connectivity index (χ4v) is 1.33. The summed E-state index contributed by atoms with van der Waals surface area (Å²) in [6.45, 7) is 2.18. The third kappa shape index (κ3) is 3.47. The summed E-state index contributed by atoms with van der Waals surface area (Å²) in [5.41, 5.74) is 6.63. The zero-order valence-corrected chi connectivity index (χ0v) is 8.66. The Kier molecular flexibility index (Phi) is 4.62. The van der Waals surface area contributed by atoms with Crippen LogP contribution in [0.15, 0.2) is 6.20 Å². The zero-order valence-electron chi connectivity index (χ0n) is 8.66. The molecule has 0 saturated heterocycles. The van der Waals surface area contributed by atoms with Gasteiger partial charge in [0.2, 0.25) is 0 Å². The smallest absolute Gasteiger partial charge is 0.106 e. The Balaban J connectivity index is 2.42.